The third kappa shape index (κ3) is 4.60. The third-order valence-electron chi connectivity index (χ3n) is 6.39. The zero-order valence-corrected chi connectivity index (χ0v) is 20.7. The molecule has 1 amide bonds. The number of rotatable bonds is 5. The van der Waals surface area contributed by atoms with Crippen molar-refractivity contribution in [3.05, 3.63) is 64.5 Å². The van der Waals surface area contributed by atoms with Crippen LogP contribution in [0.2, 0.25) is 0 Å². The quantitative estimate of drug-likeness (QED) is 0.463. The van der Waals surface area contributed by atoms with Gasteiger partial charge in [0.1, 0.15) is 17.0 Å². The topological polar surface area (TPSA) is 113 Å². The molecule has 0 saturated carbocycles. The van der Waals surface area contributed by atoms with Crippen molar-refractivity contribution in [3.8, 4) is 0 Å². The summed E-state index contributed by atoms with van der Waals surface area (Å²) in [7, 11) is 0. The van der Waals surface area contributed by atoms with E-state index in [1.54, 1.807) is 24.1 Å². The zero-order valence-electron chi connectivity index (χ0n) is 20.7. The number of ether oxygens (including phenoxy) is 1. The standard InChI is InChI=1S/C26H36N4O3/c1-16(2)18-8-10-19(11-9-18)26(32,20-12-21(22(27)28)17(3)29-13-20)25(7)14-30(15-25)23(31)33-24(4,5)6/h8-13,16,32H,14-15H2,1-7H3,(H3,27,28). The molecule has 4 N–H and O–H groups in total. The van der Waals surface area contributed by atoms with Gasteiger partial charge >= 0.3 is 6.09 Å². The second-order valence-electron chi connectivity index (χ2n) is 10.7. The monoisotopic (exact) mass is 452 g/mol. The van der Waals surface area contributed by atoms with E-state index in [9.17, 15) is 9.90 Å². The number of amides is 1. The van der Waals surface area contributed by atoms with Crippen LogP contribution in [0.3, 0.4) is 0 Å². The highest BCUT2D eigenvalue weighted by molar-refractivity contribution is 5.96. The van der Waals surface area contributed by atoms with Crippen molar-refractivity contribution in [2.45, 2.75) is 65.6 Å². The summed E-state index contributed by atoms with van der Waals surface area (Å²) in [6, 6.07) is 9.65. The second-order valence-corrected chi connectivity index (χ2v) is 10.7. The molecule has 2 heterocycles. The number of likely N-dealkylation sites (tertiary alicyclic amines) is 1. The highest BCUT2D eigenvalue weighted by atomic mass is 16.6. The fourth-order valence-corrected chi connectivity index (χ4v) is 4.46. The lowest BCUT2D eigenvalue weighted by Crippen LogP contribution is -2.66. The van der Waals surface area contributed by atoms with Crippen LogP contribution in [0.5, 0.6) is 0 Å². The summed E-state index contributed by atoms with van der Waals surface area (Å²) < 4.78 is 5.52. The van der Waals surface area contributed by atoms with E-state index in [1.807, 2.05) is 52.0 Å². The first kappa shape index (κ1) is 24.7. The Kier molecular flexibility index (Phi) is 6.33. The molecule has 0 spiro atoms. The first-order chi connectivity index (χ1) is 15.2. The van der Waals surface area contributed by atoms with Crippen LogP contribution in [0, 0.1) is 17.7 Å². The molecule has 2 aromatic rings. The van der Waals surface area contributed by atoms with E-state index in [0.29, 0.717) is 41.4 Å². The molecular weight excluding hydrogens is 416 g/mol. The van der Waals surface area contributed by atoms with Gasteiger partial charge in [0.25, 0.3) is 0 Å². The second kappa shape index (κ2) is 8.45. The molecule has 1 aliphatic heterocycles. The first-order valence-electron chi connectivity index (χ1n) is 11.3. The van der Waals surface area contributed by atoms with Gasteiger partial charge in [-0.1, -0.05) is 45.0 Å². The van der Waals surface area contributed by atoms with E-state index in [-0.39, 0.29) is 5.84 Å². The number of amidine groups is 1. The maximum absolute atomic E-state index is 12.6. The van der Waals surface area contributed by atoms with E-state index >= 15 is 0 Å². The van der Waals surface area contributed by atoms with Crippen LogP contribution in [0.1, 0.15) is 75.4 Å². The first-order valence-corrected chi connectivity index (χ1v) is 11.3. The molecule has 1 fully saturated rings. The molecular formula is C26H36N4O3. The number of nitrogens with one attached hydrogen (secondary N) is 1. The smallest absolute Gasteiger partial charge is 0.410 e. The van der Waals surface area contributed by atoms with E-state index in [4.69, 9.17) is 15.9 Å². The highest BCUT2D eigenvalue weighted by Gasteiger charge is 2.58. The number of aliphatic hydroxyl groups is 1. The maximum Gasteiger partial charge on any atom is 0.410 e. The van der Waals surface area contributed by atoms with Crippen LogP contribution in [-0.4, -0.2) is 45.6 Å². The average Bonchev–Trinajstić information content (AvgIpc) is 2.69. The van der Waals surface area contributed by atoms with Gasteiger partial charge in [0, 0.05) is 41.5 Å². The lowest BCUT2D eigenvalue weighted by Gasteiger charge is -2.56. The van der Waals surface area contributed by atoms with E-state index < -0.39 is 22.7 Å². The summed E-state index contributed by atoms with van der Waals surface area (Å²) >= 11 is 0. The number of nitrogens with two attached hydrogens (primary N) is 1. The van der Waals surface area contributed by atoms with Crippen molar-refractivity contribution in [1.82, 2.24) is 9.88 Å². The van der Waals surface area contributed by atoms with Crippen LogP contribution >= 0.6 is 0 Å². The van der Waals surface area contributed by atoms with Gasteiger partial charge in [-0.05, 0) is 50.8 Å². The number of nitrogen functional groups attached to an aromatic ring is 1. The molecule has 1 aromatic heterocycles. The molecule has 1 aromatic carbocycles. The largest absolute Gasteiger partial charge is 0.444 e. The van der Waals surface area contributed by atoms with E-state index in [1.165, 1.54) is 5.56 Å². The summed E-state index contributed by atoms with van der Waals surface area (Å²) in [5.74, 6) is 0.257. The van der Waals surface area contributed by atoms with E-state index in [2.05, 4.69) is 18.8 Å². The highest BCUT2D eigenvalue weighted by Crippen LogP contribution is 2.51. The van der Waals surface area contributed by atoms with Gasteiger partial charge in [0.05, 0.1) is 0 Å². The Bertz CT molecular complexity index is 1050. The molecule has 1 unspecified atom stereocenters. The Labute approximate surface area is 196 Å². The maximum atomic E-state index is 12.6. The normalized spacial score (nSPS) is 17.3. The molecule has 0 aliphatic carbocycles. The van der Waals surface area contributed by atoms with Crippen LogP contribution in [0.4, 0.5) is 4.79 Å². The van der Waals surface area contributed by atoms with Gasteiger partial charge < -0.3 is 20.5 Å². The number of hydrogen-bond donors (Lipinski definition) is 3. The fourth-order valence-electron chi connectivity index (χ4n) is 4.46. The number of benzene rings is 1. The number of nitrogens with zero attached hydrogens (tertiary/aromatic N) is 2. The molecule has 1 atom stereocenters. The number of aryl methyl sites for hydroxylation is 1. The Morgan fingerprint density at radius 2 is 1.79 bits per heavy atom. The van der Waals surface area contributed by atoms with Crippen molar-refractivity contribution in [2.75, 3.05) is 13.1 Å². The Balaban J connectivity index is 2.06. The van der Waals surface area contributed by atoms with Crippen LogP contribution in [0.15, 0.2) is 36.5 Å². The molecule has 0 bridgehead atoms. The zero-order chi connectivity index (χ0) is 24.8. The number of carbonyl (C=O) groups excluding carboxylic acids is 1. The molecule has 1 saturated heterocycles. The van der Waals surface area contributed by atoms with Crippen LogP contribution in [-0.2, 0) is 10.3 Å². The van der Waals surface area contributed by atoms with Crippen molar-refractivity contribution in [1.29, 1.82) is 5.41 Å². The summed E-state index contributed by atoms with van der Waals surface area (Å²) in [4.78, 5) is 18.6. The van der Waals surface area contributed by atoms with Crippen molar-refractivity contribution in [3.63, 3.8) is 0 Å². The van der Waals surface area contributed by atoms with Gasteiger partial charge in [0.15, 0.2) is 0 Å². The molecule has 3 rings (SSSR count). The summed E-state index contributed by atoms with van der Waals surface area (Å²) in [6.07, 6.45) is 1.24. The molecule has 7 heteroatoms. The Morgan fingerprint density at radius 1 is 1.21 bits per heavy atom. The van der Waals surface area contributed by atoms with Crippen molar-refractivity contribution in [2.24, 2.45) is 11.1 Å². The lowest BCUT2D eigenvalue weighted by atomic mass is 9.62. The Hall–Kier alpha value is -2.93. The van der Waals surface area contributed by atoms with Gasteiger partial charge in [-0.25, -0.2) is 4.79 Å². The predicted octanol–water partition coefficient (Wildman–Crippen LogP) is 4.29. The minimum absolute atomic E-state index is 0.103. The summed E-state index contributed by atoms with van der Waals surface area (Å²) in [5.41, 5.74) is 6.56. The fraction of sp³-hybridized carbons (Fsp3) is 0.500. The van der Waals surface area contributed by atoms with Gasteiger partial charge in [-0.15, -0.1) is 0 Å². The third-order valence-corrected chi connectivity index (χ3v) is 6.39. The van der Waals surface area contributed by atoms with Gasteiger partial charge in [-0.2, -0.15) is 0 Å². The minimum Gasteiger partial charge on any atom is -0.444 e. The number of aromatic nitrogens is 1. The van der Waals surface area contributed by atoms with Crippen LogP contribution in [0.25, 0.3) is 0 Å². The number of hydrogen-bond acceptors (Lipinski definition) is 5. The van der Waals surface area contributed by atoms with Crippen molar-refractivity contribution >= 4 is 11.9 Å². The predicted molar refractivity (Wildman–Crippen MR) is 129 cm³/mol. The van der Waals surface area contributed by atoms with Gasteiger partial charge in [-0.3, -0.25) is 10.4 Å². The van der Waals surface area contributed by atoms with Gasteiger partial charge in [0.2, 0.25) is 0 Å². The van der Waals surface area contributed by atoms with Crippen molar-refractivity contribution < 1.29 is 14.6 Å². The molecule has 7 nitrogen and oxygen atoms in total. The SMILES string of the molecule is Cc1ncc(C(O)(c2ccc(C(C)C)cc2)C2(C)CN(C(=O)OC(C)(C)C)C2)cc1C(=N)N. The summed E-state index contributed by atoms with van der Waals surface area (Å²) in [6.45, 7) is 14.1. The van der Waals surface area contributed by atoms with Crippen LogP contribution < -0.4 is 5.73 Å². The summed E-state index contributed by atoms with van der Waals surface area (Å²) in [5, 5.41) is 20.3. The minimum atomic E-state index is -1.45. The number of carbonyl (C=O) groups is 1. The molecule has 33 heavy (non-hydrogen) atoms. The Morgan fingerprint density at radius 3 is 2.27 bits per heavy atom. The average molecular weight is 453 g/mol. The number of pyridine rings is 1. The molecule has 1 aliphatic rings. The molecule has 0 radical (unpaired) electrons. The molecule has 178 valence electrons. The van der Waals surface area contributed by atoms with E-state index in [0.717, 1.165) is 0 Å². The lowest BCUT2D eigenvalue weighted by molar-refractivity contribution is -0.131.